The number of aliphatic imine (C=N–C) groups is 1. The zero-order valence-electron chi connectivity index (χ0n) is 13.0. The minimum absolute atomic E-state index is 0. The lowest BCUT2D eigenvalue weighted by atomic mass is 10.2. The van der Waals surface area contributed by atoms with Gasteiger partial charge in [0, 0.05) is 28.2 Å². The van der Waals surface area contributed by atoms with Crippen molar-refractivity contribution in [2.24, 2.45) is 4.99 Å². The SMILES string of the molecule is CN(C)C(=NCc1cccc(OCC(F)(F)F)c1)N(C)C.I. The molecule has 0 aliphatic rings. The van der Waals surface area contributed by atoms with E-state index in [9.17, 15) is 13.2 Å². The molecular weight excluding hydrogens is 410 g/mol. The number of hydrogen-bond donors (Lipinski definition) is 0. The summed E-state index contributed by atoms with van der Waals surface area (Å²) in [5, 5.41) is 0. The molecule has 0 fully saturated rings. The fourth-order valence-electron chi connectivity index (χ4n) is 1.74. The van der Waals surface area contributed by atoms with Crippen LogP contribution in [0.5, 0.6) is 5.75 Å². The third kappa shape index (κ3) is 7.71. The minimum atomic E-state index is -4.34. The predicted molar refractivity (Wildman–Crippen MR) is 91.9 cm³/mol. The largest absolute Gasteiger partial charge is 0.484 e. The van der Waals surface area contributed by atoms with Gasteiger partial charge in [-0.05, 0) is 17.7 Å². The Morgan fingerprint density at radius 3 is 2.23 bits per heavy atom. The molecule has 0 spiro atoms. The van der Waals surface area contributed by atoms with Gasteiger partial charge in [-0.2, -0.15) is 13.2 Å². The molecule has 126 valence electrons. The lowest BCUT2D eigenvalue weighted by molar-refractivity contribution is -0.153. The summed E-state index contributed by atoms with van der Waals surface area (Å²) >= 11 is 0. The van der Waals surface area contributed by atoms with E-state index < -0.39 is 12.8 Å². The van der Waals surface area contributed by atoms with Gasteiger partial charge < -0.3 is 14.5 Å². The van der Waals surface area contributed by atoms with Crippen LogP contribution in [0.25, 0.3) is 0 Å². The molecule has 0 aromatic heterocycles. The molecule has 1 aromatic carbocycles. The van der Waals surface area contributed by atoms with Crippen molar-refractivity contribution in [1.29, 1.82) is 0 Å². The summed E-state index contributed by atoms with van der Waals surface area (Å²) in [5.41, 5.74) is 0.788. The monoisotopic (exact) mass is 431 g/mol. The highest BCUT2D eigenvalue weighted by molar-refractivity contribution is 14.0. The van der Waals surface area contributed by atoms with Crippen molar-refractivity contribution in [2.75, 3.05) is 34.8 Å². The van der Waals surface area contributed by atoms with Crippen LogP contribution >= 0.6 is 24.0 Å². The van der Waals surface area contributed by atoms with Gasteiger partial charge in [-0.3, -0.25) is 0 Å². The molecule has 1 rings (SSSR count). The van der Waals surface area contributed by atoms with Crippen molar-refractivity contribution in [3.63, 3.8) is 0 Å². The molecule has 0 bridgehead atoms. The van der Waals surface area contributed by atoms with Gasteiger partial charge in [0.15, 0.2) is 12.6 Å². The van der Waals surface area contributed by atoms with Gasteiger partial charge in [0.25, 0.3) is 0 Å². The van der Waals surface area contributed by atoms with Gasteiger partial charge in [0.2, 0.25) is 0 Å². The highest BCUT2D eigenvalue weighted by atomic mass is 127. The van der Waals surface area contributed by atoms with Crippen molar-refractivity contribution >= 4 is 29.9 Å². The quantitative estimate of drug-likeness (QED) is 0.417. The van der Waals surface area contributed by atoms with Crippen LogP contribution < -0.4 is 4.74 Å². The van der Waals surface area contributed by atoms with E-state index in [0.29, 0.717) is 6.54 Å². The van der Waals surface area contributed by atoms with E-state index in [1.807, 2.05) is 38.0 Å². The maximum Gasteiger partial charge on any atom is 0.422 e. The third-order valence-electron chi connectivity index (χ3n) is 2.50. The average molecular weight is 431 g/mol. The molecule has 0 unspecified atom stereocenters. The second-order valence-corrected chi connectivity index (χ2v) is 4.96. The van der Waals surface area contributed by atoms with Crippen LogP contribution in [0.4, 0.5) is 13.2 Å². The maximum atomic E-state index is 12.1. The second kappa shape index (κ2) is 9.06. The molecular formula is C14H21F3IN3O. The second-order valence-electron chi connectivity index (χ2n) is 4.96. The van der Waals surface area contributed by atoms with Crippen LogP contribution in [-0.2, 0) is 6.54 Å². The molecule has 0 saturated carbocycles. The van der Waals surface area contributed by atoms with Crippen LogP contribution in [-0.4, -0.2) is 56.7 Å². The van der Waals surface area contributed by atoms with E-state index in [2.05, 4.69) is 4.99 Å². The third-order valence-corrected chi connectivity index (χ3v) is 2.50. The summed E-state index contributed by atoms with van der Waals surface area (Å²) in [6, 6.07) is 6.52. The minimum Gasteiger partial charge on any atom is -0.484 e. The smallest absolute Gasteiger partial charge is 0.422 e. The van der Waals surface area contributed by atoms with Gasteiger partial charge in [-0.1, -0.05) is 12.1 Å². The Kier molecular flexibility index (Phi) is 8.57. The normalized spacial score (nSPS) is 10.5. The van der Waals surface area contributed by atoms with E-state index in [1.54, 1.807) is 18.2 Å². The number of nitrogens with zero attached hydrogens (tertiary/aromatic N) is 3. The molecule has 4 nitrogen and oxygen atoms in total. The first-order chi connectivity index (χ1) is 9.69. The molecule has 8 heteroatoms. The van der Waals surface area contributed by atoms with Crippen molar-refractivity contribution in [2.45, 2.75) is 12.7 Å². The number of hydrogen-bond acceptors (Lipinski definition) is 2. The Labute approximate surface area is 146 Å². The number of alkyl halides is 3. The fraction of sp³-hybridized carbons (Fsp3) is 0.500. The summed E-state index contributed by atoms with van der Waals surface area (Å²) in [7, 11) is 7.51. The summed E-state index contributed by atoms with van der Waals surface area (Å²) in [4.78, 5) is 8.16. The lowest BCUT2D eigenvalue weighted by Gasteiger charge is -2.22. The molecule has 22 heavy (non-hydrogen) atoms. The number of rotatable bonds is 4. The summed E-state index contributed by atoms with van der Waals surface area (Å²) in [5.74, 6) is 0.966. The average Bonchev–Trinajstić information content (AvgIpc) is 2.35. The molecule has 0 amide bonds. The van der Waals surface area contributed by atoms with Gasteiger partial charge in [0.05, 0.1) is 6.54 Å². The fourth-order valence-corrected chi connectivity index (χ4v) is 1.74. The Hall–Kier alpha value is -1.19. The van der Waals surface area contributed by atoms with Gasteiger partial charge in [-0.15, -0.1) is 24.0 Å². The predicted octanol–water partition coefficient (Wildman–Crippen LogP) is 3.22. The Balaban J connectivity index is 0.00000441. The van der Waals surface area contributed by atoms with Crippen LogP contribution in [0.1, 0.15) is 5.56 Å². The summed E-state index contributed by atoms with van der Waals surface area (Å²) in [6.45, 7) is -0.921. The number of guanidine groups is 1. The molecule has 0 aliphatic heterocycles. The molecule has 0 N–H and O–H groups in total. The van der Waals surface area contributed by atoms with E-state index in [4.69, 9.17) is 4.74 Å². The van der Waals surface area contributed by atoms with Crippen LogP contribution in [0.3, 0.4) is 0 Å². The van der Waals surface area contributed by atoms with E-state index in [1.165, 1.54) is 6.07 Å². The Morgan fingerprint density at radius 1 is 1.14 bits per heavy atom. The van der Waals surface area contributed by atoms with Crippen molar-refractivity contribution in [1.82, 2.24) is 9.80 Å². The summed E-state index contributed by atoms with van der Waals surface area (Å²) in [6.07, 6.45) is -4.34. The highest BCUT2D eigenvalue weighted by Crippen LogP contribution is 2.19. The molecule has 0 saturated heterocycles. The van der Waals surface area contributed by atoms with Crippen LogP contribution in [0, 0.1) is 0 Å². The number of ether oxygens (including phenoxy) is 1. The standard InChI is InChI=1S/C14H20F3N3O.HI/c1-19(2)13(20(3)4)18-9-11-6-5-7-12(8-11)21-10-14(15,16)17;/h5-8H,9-10H2,1-4H3;1H. The van der Waals surface area contributed by atoms with Gasteiger partial charge in [-0.25, -0.2) is 4.99 Å². The van der Waals surface area contributed by atoms with Gasteiger partial charge in [0.1, 0.15) is 5.75 Å². The first-order valence-corrected chi connectivity index (χ1v) is 6.36. The van der Waals surface area contributed by atoms with Crippen molar-refractivity contribution < 1.29 is 17.9 Å². The zero-order valence-corrected chi connectivity index (χ0v) is 15.3. The zero-order chi connectivity index (χ0) is 16.0. The van der Waals surface area contributed by atoms with Crippen molar-refractivity contribution in [3.8, 4) is 5.75 Å². The highest BCUT2D eigenvalue weighted by Gasteiger charge is 2.28. The number of benzene rings is 1. The van der Waals surface area contributed by atoms with Crippen molar-refractivity contribution in [3.05, 3.63) is 29.8 Å². The summed E-state index contributed by atoms with van der Waals surface area (Å²) < 4.78 is 41.1. The Bertz CT molecular complexity index is 480. The van der Waals surface area contributed by atoms with Gasteiger partial charge >= 0.3 is 6.18 Å². The first-order valence-electron chi connectivity index (χ1n) is 6.36. The first kappa shape index (κ1) is 20.8. The van der Waals surface area contributed by atoms with E-state index in [-0.39, 0.29) is 29.7 Å². The number of halogens is 4. The molecule has 0 aliphatic carbocycles. The maximum absolute atomic E-state index is 12.1. The van der Waals surface area contributed by atoms with E-state index in [0.717, 1.165) is 11.5 Å². The topological polar surface area (TPSA) is 28.1 Å². The Morgan fingerprint density at radius 2 is 1.73 bits per heavy atom. The molecule has 0 radical (unpaired) electrons. The van der Waals surface area contributed by atoms with Crippen LogP contribution in [0.15, 0.2) is 29.3 Å². The molecule has 0 atom stereocenters. The van der Waals surface area contributed by atoms with Crippen LogP contribution in [0.2, 0.25) is 0 Å². The van der Waals surface area contributed by atoms with E-state index >= 15 is 0 Å². The lowest BCUT2D eigenvalue weighted by Crippen LogP contribution is -2.35. The molecule has 0 heterocycles. The molecule has 1 aromatic rings.